The molecule has 0 aliphatic rings. The van der Waals surface area contributed by atoms with Crippen LogP contribution in [0.25, 0.3) is 11.4 Å². The number of hydrogen-bond donors (Lipinski definition) is 1. The summed E-state index contributed by atoms with van der Waals surface area (Å²) in [5.41, 5.74) is 6.37. The van der Waals surface area contributed by atoms with Crippen molar-refractivity contribution in [3.63, 3.8) is 0 Å². The van der Waals surface area contributed by atoms with E-state index in [1.807, 2.05) is 6.92 Å². The summed E-state index contributed by atoms with van der Waals surface area (Å²) < 4.78 is 1.73. The fraction of sp³-hybridized carbons (Fsp3) is 0.333. The molecule has 0 spiro atoms. The van der Waals surface area contributed by atoms with Crippen LogP contribution < -0.4 is 5.73 Å². The largest absolute Gasteiger partial charge is 0.330 e. The summed E-state index contributed by atoms with van der Waals surface area (Å²) in [4.78, 5) is 14.3. The van der Waals surface area contributed by atoms with E-state index in [2.05, 4.69) is 10.1 Å². The van der Waals surface area contributed by atoms with Crippen LogP contribution in [0.2, 0.25) is 0 Å². The van der Waals surface area contributed by atoms with E-state index < -0.39 is 4.92 Å². The first-order chi connectivity index (χ1) is 9.10. The summed E-state index contributed by atoms with van der Waals surface area (Å²) in [6.45, 7) is 3.33. The number of rotatable bonds is 5. The van der Waals surface area contributed by atoms with Crippen molar-refractivity contribution in [1.82, 2.24) is 14.8 Å². The second kappa shape index (κ2) is 5.57. The number of aromatic nitrogens is 3. The number of nitro groups is 1. The molecule has 0 saturated heterocycles. The summed E-state index contributed by atoms with van der Waals surface area (Å²) in [6, 6.07) is 6.17. The third-order valence-corrected chi connectivity index (χ3v) is 2.77. The third-order valence-electron chi connectivity index (χ3n) is 2.77. The van der Waals surface area contributed by atoms with Crippen molar-refractivity contribution in [2.24, 2.45) is 11.7 Å². The molecule has 2 N–H and O–H groups in total. The van der Waals surface area contributed by atoms with Gasteiger partial charge in [0.05, 0.1) is 4.92 Å². The van der Waals surface area contributed by atoms with Gasteiger partial charge in [0.25, 0.3) is 5.69 Å². The molecule has 0 amide bonds. The molecule has 0 aliphatic heterocycles. The smallest absolute Gasteiger partial charge is 0.269 e. The summed E-state index contributed by atoms with van der Waals surface area (Å²) in [6.07, 6.45) is 1.64. The summed E-state index contributed by atoms with van der Waals surface area (Å²) >= 11 is 0. The molecule has 0 radical (unpaired) electrons. The second-order valence-corrected chi connectivity index (χ2v) is 4.44. The van der Waals surface area contributed by atoms with Gasteiger partial charge < -0.3 is 5.73 Å². The Morgan fingerprint density at radius 2 is 2.11 bits per heavy atom. The predicted octanol–water partition coefficient (Wildman–Crippen LogP) is 1.45. The maximum atomic E-state index is 10.6. The number of nitrogens with two attached hydrogens (primary N) is 1. The van der Waals surface area contributed by atoms with E-state index in [1.54, 1.807) is 23.1 Å². The van der Waals surface area contributed by atoms with Gasteiger partial charge in [0.15, 0.2) is 5.82 Å². The lowest BCUT2D eigenvalue weighted by molar-refractivity contribution is -0.384. The molecule has 1 unspecified atom stereocenters. The van der Waals surface area contributed by atoms with Crippen molar-refractivity contribution in [2.75, 3.05) is 6.54 Å². The highest BCUT2D eigenvalue weighted by molar-refractivity contribution is 5.56. The standard InChI is InChI=1S/C12H15N5O2/c1-9(6-13)7-16-8-14-12(15-16)10-2-4-11(5-3-10)17(18)19/h2-5,8-9H,6-7,13H2,1H3. The average molecular weight is 261 g/mol. The van der Waals surface area contributed by atoms with Gasteiger partial charge in [-0.25, -0.2) is 4.98 Å². The van der Waals surface area contributed by atoms with Crippen LogP contribution in [0.5, 0.6) is 0 Å². The van der Waals surface area contributed by atoms with Crippen molar-refractivity contribution in [2.45, 2.75) is 13.5 Å². The Morgan fingerprint density at radius 1 is 1.42 bits per heavy atom. The van der Waals surface area contributed by atoms with E-state index in [4.69, 9.17) is 5.73 Å². The highest BCUT2D eigenvalue weighted by Gasteiger charge is 2.09. The Balaban J connectivity index is 2.16. The SMILES string of the molecule is CC(CN)Cn1cnc(-c2ccc([N+](=O)[O-])cc2)n1. The monoisotopic (exact) mass is 261 g/mol. The van der Waals surface area contributed by atoms with E-state index >= 15 is 0 Å². The molecule has 1 aromatic carbocycles. The minimum atomic E-state index is -0.432. The maximum absolute atomic E-state index is 10.6. The third kappa shape index (κ3) is 3.14. The van der Waals surface area contributed by atoms with Crippen LogP contribution in [-0.4, -0.2) is 26.2 Å². The van der Waals surface area contributed by atoms with Crippen LogP contribution in [0.1, 0.15) is 6.92 Å². The van der Waals surface area contributed by atoms with E-state index in [9.17, 15) is 10.1 Å². The lowest BCUT2D eigenvalue weighted by Gasteiger charge is -2.06. The highest BCUT2D eigenvalue weighted by atomic mass is 16.6. The minimum absolute atomic E-state index is 0.0555. The first-order valence-electron chi connectivity index (χ1n) is 5.94. The van der Waals surface area contributed by atoms with Gasteiger partial charge in [0.2, 0.25) is 0 Å². The van der Waals surface area contributed by atoms with E-state index in [0.29, 0.717) is 24.8 Å². The topological polar surface area (TPSA) is 99.9 Å². The summed E-state index contributed by atoms with van der Waals surface area (Å²) in [5.74, 6) is 0.880. The predicted molar refractivity (Wildman–Crippen MR) is 70.3 cm³/mol. The molecule has 1 atom stereocenters. The summed E-state index contributed by atoms with van der Waals surface area (Å²) in [5, 5.41) is 14.9. The van der Waals surface area contributed by atoms with Crippen LogP contribution >= 0.6 is 0 Å². The fourth-order valence-corrected chi connectivity index (χ4v) is 1.64. The lowest BCUT2D eigenvalue weighted by Crippen LogP contribution is -2.17. The molecule has 0 fully saturated rings. The van der Waals surface area contributed by atoms with Crippen LogP contribution in [0.15, 0.2) is 30.6 Å². The first-order valence-corrected chi connectivity index (χ1v) is 5.94. The van der Waals surface area contributed by atoms with E-state index in [0.717, 1.165) is 5.56 Å². The lowest BCUT2D eigenvalue weighted by atomic mass is 10.2. The Hall–Kier alpha value is -2.28. The number of non-ortho nitro benzene ring substituents is 1. The van der Waals surface area contributed by atoms with Gasteiger partial charge in [0.1, 0.15) is 6.33 Å². The van der Waals surface area contributed by atoms with Gasteiger partial charge in [-0.15, -0.1) is 0 Å². The molecule has 1 aromatic heterocycles. The molecule has 0 bridgehead atoms. The number of benzene rings is 1. The Labute approximate surface area is 110 Å². The fourth-order valence-electron chi connectivity index (χ4n) is 1.64. The highest BCUT2D eigenvalue weighted by Crippen LogP contribution is 2.18. The van der Waals surface area contributed by atoms with Crippen LogP contribution in [-0.2, 0) is 6.54 Å². The van der Waals surface area contributed by atoms with Crippen LogP contribution in [0, 0.1) is 16.0 Å². The molecule has 0 aliphatic carbocycles. The van der Waals surface area contributed by atoms with Gasteiger partial charge in [-0.05, 0) is 24.6 Å². The van der Waals surface area contributed by atoms with Crippen molar-refractivity contribution in [3.8, 4) is 11.4 Å². The van der Waals surface area contributed by atoms with Crippen molar-refractivity contribution in [1.29, 1.82) is 0 Å². The molecular weight excluding hydrogens is 246 g/mol. The number of nitrogens with zero attached hydrogens (tertiary/aromatic N) is 4. The molecule has 1 heterocycles. The van der Waals surface area contributed by atoms with Gasteiger partial charge in [-0.3, -0.25) is 14.8 Å². The molecule has 0 saturated carbocycles. The van der Waals surface area contributed by atoms with Gasteiger partial charge in [-0.1, -0.05) is 6.92 Å². The first kappa shape index (κ1) is 13.2. The van der Waals surface area contributed by atoms with Gasteiger partial charge in [0, 0.05) is 24.2 Å². The molecule has 7 nitrogen and oxygen atoms in total. The summed E-state index contributed by atoms with van der Waals surface area (Å²) in [7, 11) is 0. The van der Waals surface area contributed by atoms with E-state index in [1.165, 1.54) is 12.1 Å². The average Bonchev–Trinajstić information content (AvgIpc) is 2.87. The van der Waals surface area contributed by atoms with Crippen LogP contribution in [0.3, 0.4) is 0 Å². The quantitative estimate of drug-likeness (QED) is 0.648. The molecule has 7 heteroatoms. The molecular formula is C12H15N5O2. The zero-order chi connectivity index (χ0) is 13.8. The molecule has 19 heavy (non-hydrogen) atoms. The Kier molecular flexibility index (Phi) is 3.86. The Morgan fingerprint density at radius 3 is 2.68 bits per heavy atom. The maximum Gasteiger partial charge on any atom is 0.269 e. The van der Waals surface area contributed by atoms with Crippen molar-refractivity contribution in [3.05, 3.63) is 40.7 Å². The van der Waals surface area contributed by atoms with Gasteiger partial charge >= 0.3 is 0 Å². The minimum Gasteiger partial charge on any atom is -0.330 e. The molecule has 100 valence electrons. The van der Waals surface area contributed by atoms with Crippen LogP contribution in [0.4, 0.5) is 5.69 Å². The zero-order valence-electron chi connectivity index (χ0n) is 10.6. The molecule has 2 rings (SSSR count). The normalized spacial score (nSPS) is 12.3. The Bertz CT molecular complexity index is 564. The van der Waals surface area contributed by atoms with Crippen molar-refractivity contribution >= 4 is 5.69 Å². The zero-order valence-corrected chi connectivity index (χ0v) is 10.6. The van der Waals surface area contributed by atoms with Gasteiger partial charge in [-0.2, -0.15) is 5.10 Å². The van der Waals surface area contributed by atoms with Crippen molar-refractivity contribution < 1.29 is 4.92 Å². The van der Waals surface area contributed by atoms with E-state index in [-0.39, 0.29) is 5.69 Å². The number of hydrogen-bond acceptors (Lipinski definition) is 5. The molecule has 2 aromatic rings. The number of nitro benzene ring substituents is 1. The second-order valence-electron chi connectivity index (χ2n) is 4.44.